The second-order valence-electron chi connectivity index (χ2n) is 7.55. The van der Waals surface area contributed by atoms with Gasteiger partial charge < -0.3 is 20.3 Å². The third-order valence-corrected chi connectivity index (χ3v) is 6.39. The van der Waals surface area contributed by atoms with Crippen LogP contribution in [0.1, 0.15) is 53.2 Å². The molecule has 1 heterocycles. The third-order valence-electron chi connectivity index (χ3n) is 5.54. The van der Waals surface area contributed by atoms with E-state index in [0.29, 0.717) is 38.4 Å². The van der Waals surface area contributed by atoms with Crippen LogP contribution in [0.15, 0.2) is 35.7 Å². The number of unbranched alkanes of at least 4 members (excludes halogenated alkanes) is 1. The lowest BCUT2D eigenvalue weighted by molar-refractivity contribution is -0.00412. The maximum atomic E-state index is 8.99. The van der Waals surface area contributed by atoms with Crippen LogP contribution < -0.4 is 5.73 Å². The lowest BCUT2D eigenvalue weighted by Crippen LogP contribution is -2.24. The third kappa shape index (κ3) is 6.39. The minimum absolute atomic E-state index is 0.266. The molecule has 1 aliphatic rings. The zero-order chi connectivity index (χ0) is 19.6. The lowest BCUT2D eigenvalue weighted by Gasteiger charge is -2.26. The molecule has 0 saturated carbocycles. The smallest absolute Gasteiger partial charge is 0.0810 e. The summed E-state index contributed by atoms with van der Waals surface area (Å²) in [5, 5.41) is 11.1. The first-order valence-corrected chi connectivity index (χ1v) is 11.3. The van der Waals surface area contributed by atoms with Gasteiger partial charge in [-0.3, -0.25) is 0 Å². The lowest BCUT2D eigenvalue weighted by atomic mass is 9.85. The zero-order valence-corrected chi connectivity index (χ0v) is 17.5. The number of aliphatic hydroxyl groups is 1. The van der Waals surface area contributed by atoms with Gasteiger partial charge >= 0.3 is 0 Å². The van der Waals surface area contributed by atoms with E-state index in [-0.39, 0.29) is 6.61 Å². The van der Waals surface area contributed by atoms with Crippen LogP contribution in [0.5, 0.6) is 0 Å². The molecule has 1 aliphatic carbocycles. The number of benzene rings is 1. The van der Waals surface area contributed by atoms with E-state index in [1.165, 1.54) is 21.6 Å². The highest BCUT2D eigenvalue weighted by Gasteiger charge is 2.20. The molecule has 0 saturated heterocycles. The Bertz CT molecular complexity index is 689. The molecular formula is C23H33NO3S. The van der Waals surface area contributed by atoms with E-state index in [1.54, 1.807) is 11.3 Å². The molecule has 0 aliphatic heterocycles. The highest BCUT2D eigenvalue weighted by Crippen LogP contribution is 2.28. The van der Waals surface area contributed by atoms with Crippen molar-refractivity contribution in [2.75, 3.05) is 26.4 Å². The zero-order valence-electron chi connectivity index (χ0n) is 16.6. The summed E-state index contributed by atoms with van der Waals surface area (Å²) in [5.74, 6) is 0.395. The van der Waals surface area contributed by atoms with Crippen LogP contribution in [0.25, 0.3) is 0 Å². The molecule has 1 aromatic carbocycles. The van der Waals surface area contributed by atoms with Crippen LogP contribution in [0.2, 0.25) is 0 Å². The van der Waals surface area contributed by atoms with Gasteiger partial charge in [0, 0.05) is 11.5 Å². The van der Waals surface area contributed by atoms with Gasteiger partial charge in [0.05, 0.1) is 25.9 Å². The van der Waals surface area contributed by atoms with E-state index in [0.717, 1.165) is 38.5 Å². The molecule has 0 bridgehead atoms. The molecule has 0 unspecified atom stereocenters. The fourth-order valence-electron chi connectivity index (χ4n) is 3.90. The monoisotopic (exact) mass is 403 g/mol. The van der Waals surface area contributed by atoms with E-state index in [4.69, 9.17) is 20.3 Å². The number of hydrogen-bond donors (Lipinski definition) is 2. The molecule has 0 amide bonds. The summed E-state index contributed by atoms with van der Waals surface area (Å²) >= 11 is 1.73. The summed E-state index contributed by atoms with van der Waals surface area (Å²) < 4.78 is 11.7. The molecule has 0 fully saturated rings. The van der Waals surface area contributed by atoms with Gasteiger partial charge in [-0.05, 0) is 72.7 Å². The number of fused-ring (bicyclic) bond motifs is 1. The summed E-state index contributed by atoms with van der Waals surface area (Å²) in [5.41, 5.74) is 10.2. The minimum Gasteiger partial charge on any atom is -0.396 e. The number of aliphatic hydroxyl groups excluding tert-OH is 1. The van der Waals surface area contributed by atoms with Crippen molar-refractivity contribution < 1.29 is 14.6 Å². The van der Waals surface area contributed by atoms with Crippen molar-refractivity contribution >= 4 is 11.3 Å². The number of hydrogen-bond acceptors (Lipinski definition) is 5. The van der Waals surface area contributed by atoms with Gasteiger partial charge in [0.2, 0.25) is 0 Å². The standard InChI is InChI=1S/C23H33NO3S/c24-16-21(4-1-2-10-25)19-6-7-20-15-22(9-8-18(20)14-19)27-12-11-26-17-23-5-3-13-28-23/h3,5-7,13-14,21-22,25H,1-2,4,8-12,15-17,24H2/t21-,22-/m0/s1. The van der Waals surface area contributed by atoms with Crippen molar-refractivity contribution in [1.82, 2.24) is 0 Å². The summed E-state index contributed by atoms with van der Waals surface area (Å²) in [6.07, 6.45) is 6.35. The molecule has 0 radical (unpaired) electrons. The summed E-state index contributed by atoms with van der Waals surface area (Å²) in [7, 11) is 0. The molecule has 3 N–H and O–H groups in total. The summed E-state index contributed by atoms with van der Waals surface area (Å²) in [4.78, 5) is 1.26. The van der Waals surface area contributed by atoms with Crippen LogP contribution in [0.3, 0.4) is 0 Å². The highest BCUT2D eigenvalue weighted by molar-refractivity contribution is 7.09. The maximum Gasteiger partial charge on any atom is 0.0810 e. The van der Waals surface area contributed by atoms with Gasteiger partial charge in [0.1, 0.15) is 0 Å². The molecule has 1 aromatic heterocycles. The molecular weight excluding hydrogens is 370 g/mol. The largest absolute Gasteiger partial charge is 0.396 e. The van der Waals surface area contributed by atoms with Crippen molar-refractivity contribution in [3.05, 3.63) is 57.3 Å². The number of thiophene rings is 1. The van der Waals surface area contributed by atoms with Gasteiger partial charge in [-0.15, -0.1) is 11.3 Å². The van der Waals surface area contributed by atoms with Crippen LogP contribution in [-0.4, -0.2) is 37.6 Å². The van der Waals surface area contributed by atoms with E-state index >= 15 is 0 Å². The average Bonchev–Trinajstić information content (AvgIpc) is 3.24. The van der Waals surface area contributed by atoms with Gasteiger partial charge in [-0.2, -0.15) is 0 Å². The average molecular weight is 404 g/mol. The van der Waals surface area contributed by atoms with Crippen LogP contribution in [0.4, 0.5) is 0 Å². The minimum atomic E-state index is 0.266. The van der Waals surface area contributed by atoms with Gasteiger partial charge in [0.25, 0.3) is 0 Å². The van der Waals surface area contributed by atoms with E-state index in [9.17, 15) is 0 Å². The fraction of sp³-hybridized carbons (Fsp3) is 0.565. The highest BCUT2D eigenvalue weighted by atomic mass is 32.1. The molecule has 154 valence electrons. The Labute approximate surface area is 172 Å². The fourth-order valence-corrected chi connectivity index (χ4v) is 4.54. The van der Waals surface area contributed by atoms with E-state index in [1.807, 2.05) is 0 Å². The summed E-state index contributed by atoms with van der Waals surface area (Å²) in [6.45, 7) is 2.91. The van der Waals surface area contributed by atoms with E-state index in [2.05, 4.69) is 35.7 Å². The maximum absolute atomic E-state index is 8.99. The number of aryl methyl sites for hydroxylation is 1. The van der Waals surface area contributed by atoms with Crippen LogP contribution in [-0.2, 0) is 28.9 Å². The van der Waals surface area contributed by atoms with Crippen molar-refractivity contribution in [3.63, 3.8) is 0 Å². The Hall–Kier alpha value is -1.24. The Kier molecular flexibility index (Phi) is 8.96. The quantitative estimate of drug-likeness (QED) is 0.525. The van der Waals surface area contributed by atoms with Gasteiger partial charge in [-0.25, -0.2) is 0 Å². The first-order chi connectivity index (χ1) is 13.8. The normalized spacial score (nSPS) is 17.4. The topological polar surface area (TPSA) is 64.7 Å². The molecule has 2 atom stereocenters. The molecule has 3 rings (SSSR count). The van der Waals surface area contributed by atoms with E-state index < -0.39 is 0 Å². The number of rotatable bonds is 12. The second kappa shape index (κ2) is 11.7. The molecule has 4 nitrogen and oxygen atoms in total. The first-order valence-electron chi connectivity index (χ1n) is 10.4. The predicted octanol–water partition coefficient (Wildman–Crippen LogP) is 4.04. The van der Waals surface area contributed by atoms with Crippen LogP contribution in [0, 0.1) is 0 Å². The van der Waals surface area contributed by atoms with Gasteiger partial charge in [0.15, 0.2) is 0 Å². The SMILES string of the molecule is NC[C@H](CCCCO)c1ccc2c(c1)CC[C@H](OCCOCc1cccs1)C2. The molecule has 0 spiro atoms. The van der Waals surface area contributed by atoms with Crippen molar-refractivity contribution in [3.8, 4) is 0 Å². The Morgan fingerprint density at radius 2 is 2.11 bits per heavy atom. The van der Waals surface area contributed by atoms with Crippen LogP contribution >= 0.6 is 11.3 Å². The summed E-state index contributed by atoms with van der Waals surface area (Å²) in [6, 6.07) is 11.0. The second-order valence-corrected chi connectivity index (χ2v) is 8.58. The van der Waals surface area contributed by atoms with Gasteiger partial charge in [-0.1, -0.05) is 30.7 Å². The predicted molar refractivity (Wildman–Crippen MR) is 115 cm³/mol. The Morgan fingerprint density at radius 3 is 2.89 bits per heavy atom. The Morgan fingerprint density at radius 1 is 1.18 bits per heavy atom. The molecule has 5 heteroatoms. The van der Waals surface area contributed by atoms with Crippen molar-refractivity contribution in [2.45, 2.75) is 57.2 Å². The molecule has 2 aromatic rings. The number of ether oxygens (including phenoxy) is 2. The first kappa shape index (κ1) is 21.5. The van der Waals surface area contributed by atoms with Crippen molar-refractivity contribution in [1.29, 1.82) is 0 Å². The van der Waals surface area contributed by atoms with Crippen molar-refractivity contribution in [2.24, 2.45) is 5.73 Å². The number of nitrogens with two attached hydrogens (primary N) is 1. The Balaban J connectivity index is 1.43. The molecule has 28 heavy (non-hydrogen) atoms.